The van der Waals surface area contributed by atoms with Gasteiger partial charge in [-0.1, -0.05) is 72.8 Å². The highest BCUT2D eigenvalue weighted by Crippen LogP contribution is 2.44. The summed E-state index contributed by atoms with van der Waals surface area (Å²) in [5.41, 5.74) is 3.04. The van der Waals surface area contributed by atoms with Crippen molar-refractivity contribution in [1.82, 2.24) is 0 Å². The molecule has 0 saturated heterocycles. The molecule has 0 spiro atoms. The van der Waals surface area contributed by atoms with Gasteiger partial charge in [-0.25, -0.2) is 4.79 Å². The number of benzene rings is 4. The minimum absolute atomic E-state index is 0.0928. The molecule has 0 saturated carbocycles. The van der Waals surface area contributed by atoms with Gasteiger partial charge >= 0.3 is 6.03 Å². The van der Waals surface area contributed by atoms with Crippen LogP contribution in [0.15, 0.2) is 131 Å². The second-order valence-corrected chi connectivity index (χ2v) is 12.5. The summed E-state index contributed by atoms with van der Waals surface area (Å²) in [6.45, 7) is 0.167. The van der Waals surface area contributed by atoms with Gasteiger partial charge in [0, 0.05) is 27.2 Å². The lowest BCUT2D eigenvalue weighted by Gasteiger charge is -2.40. The fourth-order valence-corrected chi connectivity index (χ4v) is 7.62. The number of allylic oxidation sites excluding steroid dienone is 2. The number of hydrogen-bond acceptors (Lipinski definition) is 6. The van der Waals surface area contributed by atoms with Crippen molar-refractivity contribution < 1.29 is 19.1 Å². The van der Waals surface area contributed by atoms with E-state index in [0.29, 0.717) is 22.9 Å². The number of urea groups is 1. The summed E-state index contributed by atoms with van der Waals surface area (Å²) >= 11 is 3.19. The van der Waals surface area contributed by atoms with Gasteiger partial charge in [-0.15, -0.1) is 23.5 Å². The average Bonchev–Trinajstić information content (AvgIpc) is 3.51. The van der Waals surface area contributed by atoms with E-state index in [9.17, 15) is 9.59 Å². The first kappa shape index (κ1) is 27.2. The Hall–Kier alpha value is -4.60. The number of hydrogen-bond donors (Lipinski definition) is 2. The van der Waals surface area contributed by atoms with Crippen LogP contribution in [0, 0.1) is 0 Å². The quantitative estimate of drug-likeness (QED) is 0.218. The topological polar surface area (TPSA) is 79.9 Å². The zero-order chi connectivity index (χ0) is 29.2. The van der Waals surface area contributed by atoms with Gasteiger partial charge in [-0.2, -0.15) is 0 Å². The highest BCUT2D eigenvalue weighted by molar-refractivity contribution is 8.00. The lowest BCUT2D eigenvalue weighted by molar-refractivity contribution is -0.115. The molecule has 43 heavy (non-hydrogen) atoms. The van der Waals surface area contributed by atoms with Gasteiger partial charge in [0.2, 0.25) is 12.7 Å². The predicted molar refractivity (Wildman–Crippen MR) is 172 cm³/mol. The lowest BCUT2D eigenvalue weighted by atomic mass is 10.1. The molecule has 0 fully saturated rings. The average molecular weight is 606 g/mol. The third kappa shape index (κ3) is 5.74. The van der Waals surface area contributed by atoms with Crippen molar-refractivity contribution in [2.45, 2.75) is 26.3 Å². The van der Waals surface area contributed by atoms with Crippen molar-refractivity contribution >= 4 is 52.5 Å². The lowest BCUT2D eigenvalue weighted by Crippen LogP contribution is -2.49. The molecule has 7 rings (SSSR count). The van der Waals surface area contributed by atoms with E-state index in [1.54, 1.807) is 30.0 Å². The summed E-state index contributed by atoms with van der Waals surface area (Å²) in [7, 11) is 0. The summed E-state index contributed by atoms with van der Waals surface area (Å²) in [6.07, 6.45) is 8.24. The third-order valence-electron chi connectivity index (χ3n) is 7.28. The van der Waals surface area contributed by atoms with E-state index in [1.807, 2.05) is 89.8 Å². The maximum Gasteiger partial charge on any atom is 0.326 e. The van der Waals surface area contributed by atoms with Crippen LogP contribution in [-0.4, -0.2) is 30.0 Å². The summed E-state index contributed by atoms with van der Waals surface area (Å²) in [6, 6.07) is 30.3. The van der Waals surface area contributed by atoms with Crippen LogP contribution in [0.4, 0.5) is 21.9 Å². The first-order valence-electron chi connectivity index (χ1n) is 13.9. The molecule has 2 aliphatic heterocycles. The highest BCUT2D eigenvalue weighted by atomic mass is 32.2. The van der Waals surface area contributed by atoms with E-state index in [-0.39, 0.29) is 30.0 Å². The maximum absolute atomic E-state index is 13.8. The zero-order valence-electron chi connectivity index (χ0n) is 22.9. The number of ether oxygens (including phenoxy) is 2. The van der Waals surface area contributed by atoms with Crippen LogP contribution in [0.25, 0.3) is 0 Å². The summed E-state index contributed by atoms with van der Waals surface area (Å²) in [5, 5.41) is 5.75. The van der Waals surface area contributed by atoms with E-state index < -0.39 is 5.25 Å². The van der Waals surface area contributed by atoms with E-state index in [2.05, 4.69) is 28.9 Å². The van der Waals surface area contributed by atoms with Gasteiger partial charge in [-0.05, 0) is 48.0 Å². The number of para-hydroxylation sites is 1. The number of anilines is 3. The first-order chi connectivity index (χ1) is 21.1. The number of nitrogens with zero attached hydrogens (tertiary/aromatic N) is 1. The van der Waals surface area contributed by atoms with Gasteiger partial charge < -0.3 is 20.1 Å². The second kappa shape index (κ2) is 11.9. The van der Waals surface area contributed by atoms with Gasteiger partial charge in [0.15, 0.2) is 11.5 Å². The summed E-state index contributed by atoms with van der Waals surface area (Å²) in [5.74, 6) is 1.09. The van der Waals surface area contributed by atoms with Crippen molar-refractivity contribution in [1.29, 1.82) is 0 Å². The second-order valence-electron chi connectivity index (χ2n) is 10.1. The molecule has 0 aromatic heterocycles. The van der Waals surface area contributed by atoms with Gasteiger partial charge in [0.25, 0.3) is 0 Å². The molecule has 1 aliphatic carbocycles. The van der Waals surface area contributed by atoms with Crippen molar-refractivity contribution in [2.24, 2.45) is 0 Å². The number of amides is 3. The molecule has 3 unspecified atom stereocenters. The van der Waals surface area contributed by atoms with Crippen molar-refractivity contribution in [2.75, 3.05) is 22.3 Å². The number of thioether (sulfide) groups is 2. The molecular weight excluding hydrogens is 579 g/mol. The van der Waals surface area contributed by atoms with Crippen molar-refractivity contribution in [3.05, 3.63) is 127 Å². The molecule has 214 valence electrons. The molecule has 2 heterocycles. The van der Waals surface area contributed by atoms with Gasteiger partial charge in [0.1, 0.15) is 5.25 Å². The Morgan fingerprint density at radius 2 is 1.60 bits per heavy atom. The molecule has 3 aliphatic rings. The largest absolute Gasteiger partial charge is 0.454 e. The minimum atomic E-state index is -0.538. The van der Waals surface area contributed by atoms with Crippen LogP contribution in [-0.2, 0) is 4.79 Å². The Morgan fingerprint density at radius 3 is 2.51 bits per heavy atom. The Bertz CT molecular complexity index is 1740. The Morgan fingerprint density at radius 1 is 0.814 bits per heavy atom. The SMILES string of the molecule is O=C(Nc1ccc2c(c1)OCO2)C(Sc1cccc(NC(=O)N2c3ccccc3SC3C=CC=CC32)c1)c1ccccc1. The minimum Gasteiger partial charge on any atom is -0.454 e. The monoisotopic (exact) mass is 605 g/mol. The molecular formula is C34H27N3O4S2. The Labute approximate surface area is 258 Å². The summed E-state index contributed by atoms with van der Waals surface area (Å²) < 4.78 is 10.9. The van der Waals surface area contributed by atoms with E-state index >= 15 is 0 Å². The highest BCUT2D eigenvalue weighted by Gasteiger charge is 2.36. The molecule has 2 N–H and O–H groups in total. The predicted octanol–water partition coefficient (Wildman–Crippen LogP) is 7.89. The molecule has 4 aromatic carbocycles. The van der Waals surface area contributed by atoms with Crippen LogP contribution in [0.5, 0.6) is 11.5 Å². The standard InChI is InChI=1S/C34H27N3O4S2/c38-33(35-24-17-18-28-29(20-24)41-21-40-28)32(22-9-2-1-3-10-22)42-25-12-8-11-23(19-25)36-34(39)37-26-13-4-6-15-30(26)43-31-16-7-5-14-27(31)37/h1-20,26,30,32H,21H2,(H,35,38)(H,36,39). The van der Waals surface area contributed by atoms with Crippen molar-refractivity contribution in [3.63, 3.8) is 0 Å². The number of carbonyl (C=O) groups is 2. The third-order valence-corrected chi connectivity index (χ3v) is 9.84. The number of nitrogens with one attached hydrogen (secondary N) is 2. The molecule has 0 radical (unpaired) electrons. The van der Waals surface area contributed by atoms with Gasteiger partial charge in [-0.3, -0.25) is 9.69 Å². The van der Waals surface area contributed by atoms with E-state index in [4.69, 9.17) is 9.47 Å². The summed E-state index contributed by atoms with van der Waals surface area (Å²) in [4.78, 5) is 31.2. The van der Waals surface area contributed by atoms with Crippen LogP contribution in [0.3, 0.4) is 0 Å². The molecule has 9 heteroatoms. The van der Waals surface area contributed by atoms with Crippen LogP contribution < -0.4 is 25.0 Å². The smallest absolute Gasteiger partial charge is 0.326 e. The molecule has 4 aromatic rings. The fourth-order valence-electron chi connectivity index (χ4n) is 5.27. The number of fused-ring (bicyclic) bond motifs is 3. The number of carbonyl (C=O) groups excluding carboxylic acids is 2. The normalized spacial score (nSPS) is 18.4. The molecule has 3 atom stereocenters. The molecule has 7 nitrogen and oxygen atoms in total. The van der Waals surface area contributed by atoms with Crippen LogP contribution in [0.2, 0.25) is 0 Å². The fraction of sp³-hybridized carbons (Fsp3) is 0.118. The van der Waals surface area contributed by atoms with Crippen LogP contribution in [0.1, 0.15) is 10.8 Å². The number of rotatable bonds is 6. The Kier molecular flexibility index (Phi) is 7.57. The zero-order valence-corrected chi connectivity index (χ0v) is 24.5. The first-order valence-corrected chi connectivity index (χ1v) is 15.6. The Balaban J connectivity index is 1.12. The van der Waals surface area contributed by atoms with Crippen molar-refractivity contribution in [3.8, 4) is 11.5 Å². The van der Waals surface area contributed by atoms with Gasteiger partial charge in [0.05, 0.1) is 17.0 Å². The van der Waals surface area contributed by atoms with E-state index in [0.717, 1.165) is 21.0 Å². The van der Waals surface area contributed by atoms with Crippen LogP contribution >= 0.6 is 23.5 Å². The van der Waals surface area contributed by atoms with E-state index in [1.165, 1.54) is 11.8 Å². The maximum atomic E-state index is 13.8. The molecule has 3 amide bonds. The molecule has 0 bridgehead atoms.